The van der Waals surface area contributed by atoms with E-state index in [1.807, 2.05) is 0 Å². The lowest BCUT2D eigenvalue weighted by Crippen LogP contribution is -2.04. The maximum Gasteiger partial charge on any atom is 0.139 e. The Morgan fingerprint density at radius 2 is 1.85 bits per heavy atom. The van der Waals surface area contributed by atoms with Crippen LogP contribution in [0.2, 0.25) is 5.02 Å². The van der Waals surface area contributed by atoms with Crippen molar-refractivity contribution < 1.29 is 14.2 Å². The molecule has 0 spiro atoms. The maximum atomic E-state index is 13.4. The molecule has 0 fully saturated rings. The van der Waals surface area contributed by atoms with E-state index >= 15 is 0 Å². The van der Waals surface area contributed by atoms with Crippen molar-refractivity contribution in [1.29, 1.82) is 0 Å². The largest absolute Gasteiger partial charge is 0.495 e. The van der Waals surface area contributed by atoms with Crippen molar-refractivity contribution >= 4 is 43.5 Å². The summed E-state index contributed by atoms with van der Waals surface area (Å²) in [6, 6.07) is 7.37. The molecule has 0 aliphatic heterocycles. The average molecular weight is 424 g/mol. The van der Waals surface area contributed by atoms with E-state index < -0.39 is 11.9 Å². The highest BCUT2D eigenvalue weighted by molar-refractivity contribution is 9.10. The fourth-order valence-electron chi connectivity index (χ4n) is 1.89. The number of rotatable bonds is 3. The smallest absolute Gasteiger partial charge is 0.139 e. The molecular weight excluding hydrogens is 414 g/mol. The Hall–Kier alpha value is -0.620. The van der Waals surface area contributed by atoms with Gasteiger partial charge in [-0.1, -0.05) is 27.5 Å². The third-order valence-corrected chi connectivity index (χ3v) is 4.32. The van der Waals surface area contributed by atoms with Crippen molar-refractivity contribution in [3.63, 3.8) is 0 Å². The zero-order chi connectivity index (χ0) is 14.9. The minimum absolute atomic E-state index is 0.400. The third-order valence-electron chi connectivity index (χ3n) is 2.79. The van der Waals surface area contributed by atoms with Gasteiger partial charge in [-0.05, 0) is 46.3 Å². The number of hydrogen-bond donors (Lipinski definition) is 1. The molecule has 2 rings (SSSR count). The van der Waals surface area contributed by atoms with Crippen LogP contribution in [0.5, 0.6) is 5.75 Å². The molecule has 0 bridgehead atoms. The SMILES string of the molecule is COc1c(Br)cc(Cl)cc1C(O)c1cc(F)ccc1Br. The van der Waals surface area contributed by atoms with Gasteiger partial charge in [-0.3, -0.25) is 0 Å². The summed E-state index contributed by atoms with van der Waals surface area (Å²) in [5.74, 6) is 0.0281. The van der Waals surface area contributed by atoms with Gasteiger partial charge in [0.1, 0.15) is 17.7 Å². The number of hydrogen-bond acceptors (Lipinski definition) is 2. The molecule has 0 heterocycles. The Balaban J connectivity index is 2.58. The van der Waals surface area contributed by atoms with Crippen molar-refractivity contribution in [1.82, 2.24) is 0 Å². The first kappa shape index (κ1) is 15.8. The molecule has 0 radical (unpaired) electrons. The van der Waals surface area contributed by atoms with Crippen LogP contribution in [0.25, 0.3) is 0 Å². The normalized spacial score (nSPS) is 12.3. The zero-order valence-electron chi connectivity index (χ0n) is 10.3. The van der Waals surface area contributed by atoms with E-state index in [1.54, 1.807) is 18.2 Å². The Morgan fingerprint density at radius 1 is 1.15 bits per heavy atom. The first-order chi connectivity index (χ1) is 9.43. The van der Waals surface area contributed by atoms with Gasteiger partial charge >= 0.3 is 0 Å². The van der Waals surface area contributed by atoms with Crippen molar-refractivity contribution in [2.24, 2.45) is 0 Å². The Morgan fingerprint density at radius 3 is 2.50 bits per heavy atom. The fourth-order valence-corrected chi connectivity index (χ4v) is 3.35. The quantitative estimate of drug-likeness (QED) is 0.743. The minimum Gasteiger partial charge on any atom is -0.495 e. The lowest BCUT2D eigenvalue weighted by Gasteiger charge is -2.18. The van der Waals surface area contributed by atoms with Crippen molar-refractivity contribution in [3.8, 4) is 5.75 Å². The van der Waals surface area contributed by atoms with Crippen LogP contribution in [-0.4, -0.2) is 12.2 Å². The van der Waals surface area contributed by atoms with E-state index in [1.165, 1.54) is 19.2 Å². The molecule has 2 nitrogen and oxygen atoms in total. The van der Waals surface area contributed by atoms with Gasteiger partial charge in [0, 0.05) is 20.6 Å². The van der Waals surface area contributed by atoms with Crippen LogP contribution in [-0.2, 0) is 0 Å². The van der Waals surface area contributed by atoms with Crippen molar-refractivity contribution in [2.75, 3.05) is 7.11 Å². The van der Waals surface area contributed by atoms with Gasteiger partial charge in [-0.2, -0.15) is 0 Å². The molecule has 0 aliphatic carbocycles. The van der Waals surface area contributed by atoms with E-state index in [4.69, 9.17) is 16.3 Å². The van der Waals surface area contributed by atoms with Gasteiger partial charge in [0.15, 0.2) is 0 Å². The van der Waals surface area contributed by atoms with Crippen LogP contribution in [0.3, 0.4) is 0 Å². The van der Waals surface area contributed by atoms with Crippen LogP contribution in [0.15, 0.2) is 39.3 Å². The topological polar surface area (TPSA) is 29.5 Å². The van der Waals surface area contributed by atoms with E-state index in [-0.39, 0.29) is 0 Å². The molecular formula is C14H10Br2ClFO2. The second-order valence-electron chi connectivity index (χ2n) is 4.08. The van der Waals surface area contributed by atoms with Gasteiger partial charge in [-0.25, -0.2) is 4.39 Å². The second kappa shape index (κ2) is 6.43. The summed E-state index contributed by atoms with van der Waals surface area (Å²) in [7, 11) is 1.49. The van der Waals surface area contributed by atoms with E-state index in [0.29, 0.717) is 30.8 Å². The highest BCUT2D eigenvalue weighted by Gasteiger charge is 2.21. The maximum absolute atomic E-state index is 13.4. The summed E-state index contributed by atoms with van der Waals surface area (Å²) in [6.45, 7) is 0. The molecule has 20 heavy (non-hydrogen) atoms. The van der Waals surface area contributed by atoms with E-state index in [2.05, 4.69) is 31.9 Å². The molecule has 2 aromatic rings. The van der Waals surface area contributed by atoms with Crippen molar-refractivity contribution in [2.45, 2.75) is 6.10 Å². The van der Waals surface area contributed by atoms with Gasteiger partial charge in [0.05, 0.1) is 11.6 Å². The molecule has 0 saturated carbocycles. The lowest BCUT2D eigenvalue weighted by atomic mass is 10.0. The highest BCUT2D eigenvalue weighted by Crippen LogP contribution is 2.39. The Kier molecular flexibility index (Phi) is 5.07. The zero-order valence-corrected chi connectivity index (χ0v) is 14.3. The summed E-state index contributed by atoms with van der Waals surface area (Å²) in [5.41, 5.74) is 0.857. The molecule has 2 aromatic carbocycles. The molecule has 0 aromatic heterocycles. The molecule has 0 saturated heterocycles. The lowest BCUT2D eigenvalue weighted by molar-refractivity contribution is 0.213. The summed E-state index contributed by atoms with van der Waals surface area (Å²) in [6.07, 6.45) is -1.06. The molecule has 0 amide bonds. The fraction of sp³-hybridized carbons (Fsp3) is 0.143. The number of aliphatic hydroxyl groups is 1. The molecule has 106 valence electrons. The summed E-state index contributed by atoms with van der Waals surface area (Å²) < 4.78 is 19.9. The van der Waals surface area contributed by atoms with Gasteiger partial charge < -0.3 is 9.84 Å². The molecule has 1 atom stereocenters. The predicted molar refractivity (Wildman–Crippen MR) is 83.9 cm³/mol. The third kappa shape index (κ3) is 3.17. The average Bonchev–Trinajstić information content (AvgIpc) is 2.40. The molecule has 1 N–H and O–H groups in total. The predicted octanol–water partition coefficient (Wildman–Crippen LogP) is 5.09. The molecule has 0 aliphatic rings. The first-order valence-corrected chi connectivity index (χ1v) is 7.56. The van der Waals surface area contributed by atoms with Gasteiger partial charge in [0.2, 0.25) is 0 Å². The van der Waals surface area contributed by atoms with Crippen LogP contribution in [0.4, 0.5) is 4.39 Å². The van der Waals surface area contributed by atoms with Crippen LogP contribution in [0.1, 0.15) is 17.2 Å². The number of methoxy groups -OCH3 is 1. The molecule has 1 unspecified atom stereocenters. The number of halogens is 4. The number of aliphatic hydroxyl groups excluding tert-OH is 1. The van der Waals surface area contributed by atoms with E-state index in [0.717, 1.165) is 0 Å². The monoisotopic (exact) mass is 422 g/mol. The number of benzene rings is 2. The van der Waals surface area contributed by atoms with E-state index in [9.17, 15) is 9.50 Å². The van der Waals surface area contributed by atoms with Gasteiger partial charge in [-0.15, -0.1) is 0 Å². The summed E-state index contributed by atoms with van der Waals surface area (Å²) >= 11 is 12.6. The summed E-state index contributed by atoms with van der Waals surface area (Å²) in [4.78, 5) is 0. The first-order valence-electron chi connectivity index (χ1n) is 5.60. The second-order valence-corrected chi connectivity index (χ2v) is 6.22. The standard InChI is InChI=1S/C14H10Br2ClFO2/c1-20-14-10(4-7(17)5-12(14)16)13(19)9-6-8(18)2-3-11(9)15/h2-6,13,19H,1H3. The van der Waals surface area contributed by atoms with Gasteiger partial charge in [0.25, 0.3) is 0 Å². The Labute approximate surface area is 137 Å². The van der Waals surface area contributed by atoms with Crippen LogP contribution >= 0.6 is 43.5 Å². The van der Waals surface area contributed by atoms with Crippen LogP contribution < -0.4 is 4.74 Å². The Bertz CT molecular complexity index is 649. The highest BCUT2D eigenvalue weighted by atomic mass is 79.9. The van der Waals surface area contributed by atoms with Crippen molar-refractivity contribution in [3.05, 3.63) is 61.2 Å². The van der Waals surface area contributed by atoms with Crippen LogP contribution in [0, 0.1) is 5.82 Å². The summed E-state index contributed by atoms with van der Waals surface area (Å²) in [5, 5.41) is 10.9. The molecule has 6 heteroatoms. The number of ether oxygens (including phenoxy) is 1. The minimum atomic E-state index is -1.06.